The Balaban J connectivity index is 1.50. The number of carbonyl (C=O) groups excluding carboxylic acids is 1. The van der Waals surface area contributed by atoms with E-state index < -0.39 is 6.10 Å². The van der Waals surface area contributed by atoms with Crippen LogP contribution in [-0.2, 0) is 17.3 Å². The van der Waals surface area contributed by atoms with Crippen molar-refractivity contribution >= 4 is 5.91 Å². The number of amides is 1. The summed E-state index contributed by atoms with van der Waals surface area (Å²) in [6, 6.07) is 17.7. The minimum Gasteiger partial charge on any atom is -0.456 e. The van der Waals surface area contributed by atoms with E-state index in [-0.39, 0.29) is 23.3 Å². The van der Waals surface area contributed by atoms with Crippen LogP contribution in [-0.4, -0.2) is 29.5 Å². The number of carbonyl (C=O) groups is 1. The third-order valence-corrected chi connectivity index (χ3v) is 7.52. The van der Waals surface area contributed by atoms with Crippen LogP contribution in [0.2, 0.25) is 0 Å². The van der Waals surface area contributed by atoms with E-state index in [1.807, 2.05) is 36.4 Å². The second-order valence-electron chi connectivity index (χ2n) is 11.1. The summed E-state index contributed by atoms with van der Waals surface area (Å²) in [7, 11) is 1.69. The lowest BCUT2D eigenvalue weighted by atomic mass is 9.62. The molecule has 4 heteroatoms. The Bertz CT molecular complexity index is 1170. The van der Waals surface area contributed by atoms with E-state index in [9.17, 15) is 9.90 Å². The zero-order valence-electron chi connectivity index (χ0n) is 21.3. The zero-order chi connectivity index (χ0) is 24.7. The Labute approximate surface area is 203 Å². The molecule has 1 heterocycles. The standard InChI is InChI=1S/C30H37NO3/c1-20-16-24-25(30(4,5)15-14-29(24,2)3)18-22(20)17-23-12-13-27(34-23)28(33)31(6)19-26(32)21-10-8-7-9-11-21/h7-13,16,18,26,32H,14-15,17,19H2,1-6H3. The number of nitrogens with zero attached hydrogens (tertiary/aromatic N) is 1. The molecule has 1 unspecified atom stereocenters. The number of aryl methyl sites for hydroxylation is 1. The van der Waals surface area contributed by atoms with E-state index in [1.165, 1.54) is 40.0 Å². The third kappa shape index (κ3) is 4.83. The molecule has 2 aromatic carbocycles. The SMILES string of the molecule is Cc1cc2c(cc1Cc1ccc(C(=O)N(C)CC(O)c3ccccc3)o1)C(C)(C)CCC2(C)C. The average molecular weight is 460 g/mol. The number of hydrogen-bond donors (Lipinski definition) is 1. The van der Waals surface area contributed by atoms with Crippen molar-refractivity contribution in [3.05, 3.63) is 93.9 Å². The minimum absolute atomic E-state index is 0.153. The van der Waals surface area contributed by atoms with E-state index in [1.54, 1.807) is 13.1 Å². The smallest absolute Gasteiger partial charge is 0.289 e. The fourth-order valence-electron chi connectivity index (χ4n) is 5.04. The molecular formula is C30H37NO3. The van der Waals surface area contributed by atoms with Crippen LogP contribution in [0, 0.1) is 6.92 Å². The van der Waals surface area contributed by atoms with E-state index in [0.717, 1.165) is 11.3 Å². The average Bonchev–Trinajstić information content (AvgIpc) is 3.26. The van der Waals surface area contributed by atoms with Crippen LogP contribution in [0.4, 0.5) is 0 Å². The Morgan fingerprint density at radius 2 is 1.62 bits per heavy atom. The maximum atomic E-state index is 12.9. The van der Waals surface area contributed by atoms with Gasteiger partial charge >= 0.3 is 0 Å². The van der Waals surface area contributed by atoms with Gasteiger partial charge in [0, 0.05) is 13.5 Å². The monoisotopic (exact) mass is 459 g/mol. The Morgan fingerprint density at radius 3 is 2.26 bits per heavy atom. The number of aliphatic hydroxyl groups excluding tert-OH is 1. The molecule has 0 fully saturated rings. The molecule has 180 valence electrons. The number of aliphatic hydroxyl groups is 1. The summed E-state index contributed by atoms with van der Waals surface area (Å²) in [6.07, 6.45) is 2.28. The van der Waals surface area contributed by atoms with Crippen LogP contribution in [0.15, 0.2) is 59.0 Å². The first-order valence-electron chi connectivity index (χ1n) is 12.2. The highest BCUT2D eigenvalue weighted by atomic mass is 16.4. The van der Waals surface area contributed by atoms with E-state index >= 15 is 0 Å². The van der Waals surface area contributed by atoms with Gasteiger partial charge in [-0.15, -0.1) is 0 Å². The van der Waals surface area contributed by atoms with Crippen molar-refractivity contribution in [1.82, 2.24) is 4.90 Å². The second kappa shape index (κ2) is 9.07. The first-order chi connectivity index (χ1) is 16.0. The molecule has 0 radical (unpaired) electrons. The van der Waals surface area contributed by atoms with Gasteiger partial charge in [0.15, 0.2) is 5.76 Å². The van der Waals surface area contributed by atoms with Crippen LogP contribution >= 0.6 is 0 Å². The Kier molecular flexibility index (Phi) is 6.48. The van der Waals surface area contributed by atoms with Crippen molar-refractivity contribution in [3.63, 3.8) is 0 Å². The predicted molar refractivity (Wildman–Crippen MR) is 136 cm³/mol. The van der Waals surface area contributed by atoms with E-state index in [4.69, 9.17) is 4.42 Å². The van der Waals surface area contributed by atoms with Gasteiger partial charge in [0.25, 0.3) is 5.91 Å². The number of rotatable bonds is 6. The fraction of sp³-hybridized carbons (Fsp3) is 0.433. The molecule has 1 aliphatic carbocycles. The molecule has 0 spiro atoms. The number of fused-ring (bicyclic) bond motifs is 1. The van der Waals surface area contributed by atoms with Crippen molar-refractivity contribution in [2.75, 3.05) is 13.6 Å². The normalized spacial score (nSPS) is 17.1. The number of furan rings is 1. The van der Waals surface area contributed by atoms with Gasteiger partial charge in [0.1, 0.15) is 5.76 Å². The lowest BCUT2D eigenvalue weighted by Gasteiger charge is -2.42. The van der Waals surface area contributed by atoms with Crippen molar-refractivity contribution in [1.29, 1.82) is 0 Å². The van der Waals surface area contributed by atoms with E-state index in [0.29, 0.717) is 12.2 Å². The number of hydrogen-bond acceptors (Lipinski definition) is 3. The summed E-state index contributed by atoms with van der Waals surface area (Å²) < 4.78 is 5.98. The van der Waals surface area contributed by atoms with Gasteiger partial charge in [-0.1, -0.05) is 70.2 Å². The molecule has 1 atom stereocenters. The molecular weight excluding hydrogens is 422 g/mol. The maximum absolute atomic E-state index is 12.9. The minimum atomic E-state index is -0.740. The van der Waals surface area contributed by atoms with Gasteiger partial charge in [-0.05, 0) is 70.5 Å². The lowest BCUT2D eigenvalue weighted by Crippen LogP contribution is -2.34. The van der Waals surface area contributed by atoms with Crippen molar-refractivity contribution < 1.29 is 14.3 Å². The predicted octanol–water partition coefficient (Wildman–Crippen LogP) is 6.33. The molecule has 4 nitrogen and oxygen atoms in total. The largest absolute Gasteiger partial charge is 0.456 e. The fourth-order valence-corrected chi connectivity index (χ4v) is 5.04. The highest BCUT2D eigenvalue weighted by molar-refractivity contribution is 5.91. The van der Waals surface area contributed by atoms with E-state index in [2.05, 4.69) is 46.8 Å². The van der Waals surface area contributed by atoms with Gasteiger partial charge in [0.05, 0.1) is 12.6 Å². The summed E-state index contributed by atoms with van der Waals surface area (Å²) in [5, 5.41) is 10.5. The van der Waals surface area contributed by atoms with Crippen LogP contribution in [0.25, 0.3) is 0 Å². The van der Waals surface area contributed by atoms with Gasteiger partial charge in [-0.2, -0.15) is 0 Å². The van der Waals surface area contributed by atoms with Crippen LogP contribution in [0.3, 0.4) is 0 Å². The highest BCUT2D eigenvalue weighted by Gasteiger charge is 2.37. The molecule has 4 rings (SSSR count). The molecule has 0 saturated carbocycles. The first-order valence-corrected chi connectivity index (χ1v) is 12.2. The molecule has 1 aliphatic rings. The molecule has 1 aromatic heterocycles. The Morgan fingerprint density at radius 1 is 1.00 bits per heavy atom. The van der Waals surface area contributed by atoms with Gasteiger partial charge in [-0.25, -0.2) is 0 Å². The van der Waals surface area contributed by atoms with Crippen LogP contribution in [0.1, 0.15) is 90.8 Å². The molecule has 3 aromatic rings. The molecule has 0 bridgehead atoms. The number of likely N-dealkylation sites (N-methyl/N-ethyl adjacent to an activating group) is 1. The lowest BCUT2D eigenvalue weighted by molar-refractivity contribution is 0.0650. The van der Waals surface area contributed by atoms with Crippen molar-refractivity contribution in [2.45, 2.75) is 70.8 Å². The molecule has 1 amide bonds. The van der Waals surface area contributed by atoms with Gasteiger partial charge < -0.3 is 14.4 Å². The quantitative estimate of drug-likeness (QED) is 0.468. The molecule has 0 saturated heterocycles. The third-order valence-electron chi connectivity index (χ3n) is 7.52. The molecule has 1 N–H and O–H groups in total. The zero-order valence-corrected chi connectivity index (χ0v) is 21.3. The maximum Gasteiger partial charge on any atom is 0.289 e. The van der Waals surface area contributed by atoms with Crippen LogP contribution < -0.4 is 0 Å². The molecule has 34 heavy (non-hydrogen) atoms. The second-order valence-corrected chi connectivity index (χ2v) is 11.1. The van der Waals surface area contributed by atoms with Crippen molar-refractivity contribution in [2.24, 2.45) is 0 Å². The summed E-state index contributed by atoms with van der Waals surface area (Å²) in [5.74, 6) is 0.845. The highest BCUT2D eigenvalue weighted by Crippen LogP contribution is 2.46. The van der Waals surface area contributed by atoms with Gasteiger partial charge in [0.2, 0.25) is 0 Å². The first kappa shape index (κ1) is 24.3. The summed E-state index contributed by atoms with van der Waals surface area (Å²) >= 11 is 0. The summed E-state index contributed by atoms with van der Waals surface area (Å²) in [4.78, 5) is 14.4. The van der Waals surface area contributed by atoms with Gasteiger partial charge in [-0.3, -0.25) is 4.79 Å². The topological polar surface area (TPSA) is 53.7 Å². The van der Waals surface area contributed by atoms with Crippen molar-refractivity contribution in [3.8, 4) is 0 Å². The summed E-state index contributed by atoms with van der Waals surface area (Å²) in [6.45, 7) is 11.7. The number of benzene rings is 2. The summed E-state index contributed by atoms with van der Waals surface area (Å²) in [5.41, 5.74) is 6.52. The molecule has 0 aliphatic heterocycles. The van der Waals surface area contributed by atoms with Crippen LogP contribution in [0.5, 0.6) is 0 Å². The Hall–Kier alpha value is -2.85.